The molecule has 0 radical (unpaired) electrons. The smallest absolute Gasteiger partial charge is 0.336 e. The molecule has 0 saturated carbocycles. The standard InChI is InChI=1S/C22H25N3O4/c1-24(14-16-7-3-2-4-8-16)18-11-12-25(15-18)21(27)20(26)23-13-17-9-5-6-10-19(17)22(28)29/h2-10,18H,11-15H2,1H3,(H,23,26)(H,28,29). The predicted octanol–water partition coefficient (Wildman–Crippen LogP) is 1.73. The van der Waals surface area contributed by atoms with Crippen LogP contribution in [-0.2, 0) is 22.7 Å². The molecule has 1 aliphatic heterocycles. The molecule has 3 rings (SSSR count). The van der Waals surface area contributed by atoms with Crippen LogP contribution >= 0.6 is 0 Å². The van der Waals surface area contributed by atoms with Crippen molar-refractivity contribution in [1.82, 2.24) is 15.1 Å². The first kappa shape index (κ1) is 20.5. The van der Waals surface area contributed by atoms with Gasteiger partial charge in [0.1, 0.15) is 0 Å². The summed E-state index contributed by atoms with van der Waals surface area (Å²) >= 11 is 0. The van der Waals surface area contributed by atoms with Gasteiger partial charge in [-0.15, -0.1) is 0 Å². The van der Waals surface area contributed by atoms with Crippen LogP contribution in [0, 0.1) is 0 Å². The summed E-state index contributed by atoms with van der Waals surface area (Å²) in [5, 5.41) is 11.8. The summed E-state index contributed by atoms with van der Waals surface area (Å²) in [4.78, 5) is 39.8. The Kier molecular flexibility index (Phi) is 6.61. The molecule has 1 aliphatic rings. The number of rotatable bonds is 6. The fourth-order valence-electron chi connectivity index (χ4n) is 3.56. The zero-order valence-electron chi connectivity index (χ0n) is 16.4. The van der Waals surface area contributed by atoms with Gasteiger partial charge >= 0.3 is 17.8 Å². The van der Waals surface area contributed by atoms with Crippen LogP contribution in [0.25, 0.3) is 0 Å². The first-order chi connectivity index (χ1) is 14.0. The largest absolute Gasteiger partial charge is 0.478 e. The maximum atomic E-state index is 12.5. The second-order valence-electron chi connectivity index (χ2n) is 7.24. The van der Waals surface area contributed by atoms with Crippen molar-refractivity contribution >= 4 is 17.8 Å². The van der Waals surface area contributed by atoms with E-state index < -0.39 is 17.8 Å². The molecule has 0 spiro atoms. The Hall–Kier alpha value is -3.19. The third-order valence-electron chi connectivity index (χ3n) is 5.23. The van der Waals surface area contributed by atoms with Gasteiger partial charge < -0.3 is 15.3 Å². The number of carbonyl (C=O) groups is 3. The maximum absolute atomic E-state index is 12.5. The van der Waals surface area contributed by atoms with Crippen molar-refractivity contribution in [2.24, 2.45) is 0 Å². The van der Waals surface area contributed by atoms with Crippen molar-refractivity contribution in [1.29, 1.82) is 0 Å². The van der Waals surface area contributed by atoms with Gasteiger partial charge in [-0.05, 0) is 30.7 Å². The van der Waals surface area contributed by atoms with Crippen molar-refractivity contribution in [3.8, 4) is 0 Å². The number of nitrogens with zero attached hydrogens (tertiary/aromatic N) is 2. The second kappa shape index (κ2) is 9.34. The molecule has 1 heterocycles. The van der Waals surface area contributed by atoms with Crippen LogP contribution < -0.4 is 5.32 Å². The molecule has 2 aromatic carbocycles. The number of likely N-dealkylation sites (N-methyl/N-ethyl adjacent to an activating group) is 1. The molecule has 0 aliphatic carbocycles. The number of benzene rings is 2. The SMILES string of the molecule is CN(Cc1ccccc1)C1CCN(C(=O)C(=O)NCc2ccccc2C(=O)O)C1. The summed E-state index contributed by atoms with van der Waals surface area (Å²) in [5.74, 6) is -2.35. The number of amides is 2. The summed E-state index contributed by atoms with van der Waals surface area (Å²) < 4.78 is 0. The normalized spacial score (nSPS) is 16.1. The lowest BCUT2D eigenvalue weighted by Gasteiger charge is -2.24. The number of nitrogens with one attached hydrogen (secondary N) is 1. The van der Waals surface area contributed by atoms with Crippen LogP contribution in [0.3, 0.4) is 0 Å². The van der Waals surface area contributed by atoms with Crippen LogP contribution in [0.5, 0.6) is 0 Å². The number of hydrogen-bond donors (Lipinski definition) is 2. The van der Waals surface area contributed by atoms with E-state index in [-0.39, 0.29) is 18.2 Å². The van der Waals surface area contributed by atoms with E-state index in [2.05, 4.69) is 22.3 Å². The van der Waals surface area contributed by atoms with Gasteiger partial charge in [0.15, 0.2) is 0 Å². The van der Waals surface area contributed by atoms with Gasteiger partial charge in [-0.3, -0.25) is 14.5 Å². The quantitative estimate of drug-likeness (QED) is 0.727. The molecular weight excluding hydrogens is 370 g/mol. The summed E-state index contributed by atoms with van der Waals surface area (Å²) in [6.45, 7) is 1.81. The fourth-order valence-corrected chi connectivity index (χ4v) is 3.56. The lowest BCUT2D eigenvalue weighted by Crippen LogP contribution is -2.43. The number of likely N-dealkylation sites (tertiary alicyclic amines) is 1. The zero-order valence-corrected chi connectivity index (χ0v) is 16.4. The van der Waals surface area contributed by atoms with E-state index in [1.807, 2.05) is 25.2 Å². The van der Waals surface area contributed by atoms with Gasteiger partial charge in [0.05, 0.1) is 5.56 Å². The van der Waals surface area contributed by atoms with E-state index in [1.165, 1.54) is 11.6 Å². The molecule has 1 atom stereocenters. The van der Waals surface area contributed by atoms with Crippen LogP contribution in [0.15, 0.2) is 54.6 Å². The molecule has 2 aromatic rings. The van der Waals surface area contributed by atoms with Crippen molar-refractivity contribution in [3.05, 3.63) is 71.3 Å². The van der Waals surface area contributed by atoms with Crippen LogP contribution in [0.2, 0.25) is 0 Å². The van der Waals surface area contributed by atoms with E-state index in [0.29, 0.717) is 18.7 Å². The summed E-state index contributed by atoms with van der Waals surface area (Å²) in [7, 11) is 2.02. The summed E-state index contributed by atoms with van der Waals surface area (Å²) in [6.07, 6.45) is 0.810. The van der Waals surface area contributed by atoms with Gasteiger partial charge in [-0.2, -0.15) is 0 Å². The van der Waals surface area contributed by atoms with E-state index >= 15 is 0 Å². The van der Waals surface area contributed by atoms with Crippen LogP contribution in [0.4, 0.5) is 0 Å². The predicted molar refractivity (Wildman–Crippen MR) is 108 cm³/mol. The number of hydrogen-bond acceptors (Lipinski definition) is 4. The maximum Gasteiger partial charge on any atom is 0.336 e. The van der Waals surface area contributed by atoms with Gasteiger partial charge in [0, 0.05) is 32.2 Å². The minimum absolute atomic E-state index is 0.00176. The monoisotopic (exact) mass is 395 g/mol. The molecule has 1 saturated heterocycles. The summed E-state index contributed by atoms with van der Waals surface area (Å²) in [5.41, 5.74) is 1.78. The van der Waals surface area contributed by atoms with Crippen molar-refractivity contribution < 1.29 is 19.5 Å². The van der Waals surface area contributed by atoms with Crippen molar-refractivity contribution in [2.75, 3.05) is 20.1 Å². The van der Waals surface area contributed by atoms with Crippen LogP contribution in [0.1, 0.15) is 27.9 Å². The highest BCUT2D eigenvalue weighted by Gasteiger charge is 2.31. The molecule has 2 N–H and O–H groups in total. The molecule has 7 heteroatoms. The van der Waals surface area contributed by atoms with E-state index in [9.17, 15) is 19.5 Å². The molecule has 1 unspecified atom stereocenters. The minimum atomic E-state index is -1.06. The molecule has 152 valence electrons. The Bertz CT molecular complexity index is 885. The number of aromatic carboxylic acids is 1. The third kappa shape index (κ3) is 5.20. The van der Waals surface area contributed by atoms with Crippen LogP contribution in [-0.4, -0.2) is 58.9 Å². The number of carboxylic acid groups (broad SMARTS) is 1. The Morgan fingerprint density at radius 3 is 2.52 bits per heavy atom. The molecule has 0 aromatic heterocycles. The Morgan fingerprint density at radius 1 is 1.10 bits per heavy atom. The minimum Gasteiger partial charge on any atom is -0.478 e. The second-order valence-corrected chi connectivity index (χ2v) is 7.24. The van der Waals surface area contributed by atoms with Gasteiger partial charge in [-0.25, -0.2) is 4.79 Å². The highest BCUT2D eigenvalue weighted by Crippen LogP contribution is 2.17. The Balaban J connectivity index is 1.52. The van der Waals surface area contributed by atoms with Gasteiger partial charge in [-0.1, -0.05) is 48.5 Å². The average molecular weight is 395 g/mol. The number of carboxylic acids is 1. The first-order valence-electron chi connectivity index (χ1n) is 9.58. The molecule has 1 fully saturated rings. The van der Waals surface area contributed by atoms with Crippen molar-refractivity contribution in [3.63, 3.8) is 0 Å². The summed E-state index contributed by atoms with van der Waals surface area (Å²) in [6, 6.07) is 16.7. The average Bonchev–Trinajstić information content (AvgIpc) is 3.22. The fraction of sp³-hybridized carbons (Fsp3) is 0.318. The molecule has 2 amide bonds. The van der Waals surface area contributed by atoms with E-state index in [1.54, 1.807) is 23.1 Å². The highest BCUT2D eigenvalue weighted by molar-refractivity contribution is 6.35. The highest BCUT2D eigenvalue weighted by atomic mass is 16.4. The van der Waals surface area contributed by atoms with Gasteiger partial charge in [0.25, 0.3) is 0 Å². The zero-order chi connectivity index (χ0) is 20.8. The van der Waals surface area contributed by atoms with E-state index in [4.69, 9.17) is 0 Å². The Labute approximate surface area is 169 Å². The Morgan fingerprint density at radius 2 is 1.79 bits per heavy atom. The molecule has 0 bridgehead atoms. The lowest BCUT2D eigenvalue weighted by atomic mass is 10.1. The van der Waals surface area contributed by atoms with Crippen molar-refractivity contribution in [2.45, 2.75) is 25.6 Å². The third-order valence-corrected chi connectivity index (χ3v) is 5.23. The molecule has 29 heavy (non-hydrogen) atoms. The van der Waals surface area contributed by atoms with Gasteiger partial charge in [0.2, 0.25) is 0 Å². The molecule has 7 nitrogen and oxygen atoms in total. The number of carbonyl (C=O) groups excluding carboxylic acids is 2. The van der Waals surface area contributed by atoms with E-state index in [0.717, 1.165) is 13.0 Å². The molecular formula is C22H25N3O4. The lowest BCUT2D eigenvalue weighted by molar-refractivity contribution is -0.145. The first-order valence-corrected chi connectivity index (χ1v) is 9.58. The topological polar surface area (TPSA) is 90.0 Å².